The van der Waals surface area contributed by atoms with Gasteiger partial charge < -0.3 is 9.47 Å². The summed E-state index contributed by atoms with van der Waals surface area (Å²) in [7, 11) is 0. The van der Waals surface area contributed by atoms with Gasteiger partial charge >= 0.3 is 11.9 Å². The molecule has 2 unspecified atom stereocenters. The van der Waals surface area contributed by atoms with Crippen LogP contribution in [-0.2, 0) is 9.59 Å². The van der Waals surface area contributed by atoms with Crippen LogP contribution in [0.15, 0.2) is 12.1 Å². The summed E-state index contributed by atoms with van der Waals surface area (Å²) in [6.07, 6.45) is 5.74. The number of esters is 2. The largest absolute Gasteiger partial charge is 0.426 e. The normalized spacial score (nSPS) is 12.4. The second-order valence-electron chi connectivity index (χ2n) is 7.29. The number of hydrogen-bond acceptors (Lipinski definition) is 4. The molecule has 2 atom stereocenters. The molecule has 0 aliphatic heterocycles. The van der Waals surface area contributed by atoms with E-state index >= 15 is 0 Å². The summed E-state index contributed by atoms with van der Waals surface area (Å²) in [6.45, 7) is 15.8. The highest BCUT2D eigenvalue weighted by atomic mass is 16.5. The maximum Gasteiger partial charge on any atom is 0.314 e. The standard InChI is InChI=1S/C22H34O4.C2H6/c1-7-9-11-15(3)21(23)25-19-13-17(5)18(6)20(14-19)26-22(24)16(4)12-10-8-2;1-2/h13-16H,7-12H2,1-6H3;1-2H3. The van der Waals surface area contributed by atoms with Gasteiger partial charge in [0.05, 0.1) is 11.8 Å². The number of hydrogen-bond donors (Lipinski definition) is 0. The quantitative estimate of drug-likeness (QED) is 0.325. The molecule has 0 bridgehead atoms. The number of carbonyl (C=O) groups excluding carboxylic acids is 2. The SMILES string of the molecule is CC.CCCCC(C)C(=O)Oc1cc(C)c(C)c(OC(=O)C(C)CCCC)c1. The molecule has 1 rings (SSSR count). The zero-order valence-electron chi connectivity index (χ0n) is 19.2. The number of ether oxygens (including phenoxy) is 2. The molecule has 0 aliphatic rings. The van der Waals surface area contributed by atoms with Crippen LogP contribution in [0, 0.1) is 25.7 Å². The Labute approximate surface area is 172 Å². The summed E-state index contributed by atoms with van der Waals surface area (Å²) in [6, 6.07) is 3.47. The fraction of sp³-hybridized carbons (Fsp3) is 0.667. The maximum absolute atomic E-state index is 12.3. The Morgan fingerprint density at radius 3 is 1.79 bits per heavy atom. The molecule has 0 amide bonds. The second-order valence-corrected chi connectivity index (χ2v) is 7.29. The van der Waals surface area contributed by atoms with E-state index in [-0.39, 0.29) is 23.8 Å². The predicted molar refractivity (Wildman–Crippen MR) is 116 cm³/mol. The minimum atomic E-state index is -0.240. The first-order valence-corrected chi connectivity index (χ1v) is 10.8. The fourth-order valence-corrected chi connectivity index (χ4v) is 2.64. The average molecular weight is 393 g/mol. The lowest BCUT2D eigenvalue weighted by Crippen LogP contribution is -2.19. The van der Waals surface area contributed by atoms with Crippen molar-refractivity contribution in [2.75, 3.05) is 0 Å². The molecule has 4 heteroatoms. The van der Waals surface area contributed by atoms with Gasteiger partial charge in [-0.1, -0.05) is 67.2 Å². The summed E-state index contributed by atoms with van der Waals surface area (Å²) in [5.74, 6) is 0.149. The molecular formula is C24H40O4. The topological polar surface area (TPSA) is 52.6 Å². The van der Waals surface area contributed by atoms with Gasteiger partial charge in [-0.2, -0.15) is 0 Å². The van der Waals surface area contributed by atoms with Crippen LogP contribution in [0.1, 0.15) is 91.2 Å². The predicted octanol–water partition coefficient (Wildman–Crippen LogP) is 6.79. The Kier molecular flexibility index (Phi) is 13.3. The fourth-order valence-electron chi connectivity index (χ4n) is 2.64. The Morgan fingerprint density at radius 1 is 0.857 bits per heavy atom. The van der Waals surface area contributed by atoms with Gasteiger partial charge in [-0.3, -0.25) is 9.59 Å². The molecule has 0 N–H and O–H groups in total. The van der Waals surface area contributed by atoms with E-state index in [9.17, 15) is 9.59 Å². The highest BCUT2D eigenvalue weighted by Gasteiger charge is 2.19. The third kappa shape index (κ3) is 8.90. The van der Waals surface area contributed by atoms with Crippen LogP contribution in [0.5, 0.6) is 11.5 Å². The first kappa shape index (κ1) is 26.2. The van der Waals surface area contributed by atoms with E-state index < -0.39 is 0 Å². The van der Waals surface area contributed by atoms with E-state index in [2.05, 4.69) is 13.8 Å². The Morgan fingerprint density at radius 2 is 1.32 bits per heavy atom. The van der Waals surface area contributed by atoms with Gasteiger partial charge in [-0.15, -0.1) is 0 Å². The summed E-state index contributed by atoms with van der Waals surface area (Å²) < 4.78 is 11.1. The number of unbranched alkanes of at least 4 members (excludes halogenated alkanes) is 2. The lowest BCUT2D eigenvalue weighted by molar-refractivity contribution is -0.139. The van der Waals surface area contributed by atoms with Crippen LogP contribution in [0.2, 0.25) is 0 Å². The minimum absolute atomic E-state index is 0.142. The molecule has 0 heterocycles. The first-order valence-electron chi connectivity index (χ1n) is 10.8. The van der Waals surface area contributed by atoms with Crippen LogP contribution < -0.4 is 9.47 Å². The van der Waals surface area contributed by atoms with Crippen molar-refractivity contribution in [3.05, 3.63) is 23.3 Å². The smallest absolute Gasteiger partial charge is 0.314 e. The van der Waals surface area contributed by atoms with Gasteiger partial charge in [0.25, 0.3) is 0 Å². The maximum atomic E-state index is 12.3. The summed E-state index contributed by atoms with van der Waals surface area (Å²) >= 11 is 0. The molecule has 0 saturated heterocycles. The van der Waals surface area contributed by atoms with E-state index in [0.29, 0.717) is 11.5 Å². The molecule has 0 radical (unpaired) electrons. The molecule has 160 valence electrons. The van der Waals surface area contributed by atoms with Crippen LogP contribution in [0.25, 0.3) is 0 Å². The van der Waals surface area contributed by atoms with Crippen molar-refractivity contribution in [2.45, 2.75) is 93.9 Å². The van der Waals surface area contributed by atoms with E-state index in [1.54, 1.807) is 6.07 Å². The lowest BCUT2D eigenvalue weighted by atomic mass is 10.0. The number of benzene rings is 1. The van der Waals surface area contributed by atoms with Crippen LogP contribution in [-0.4, -0.2) is 11.9 Å². The monoisotopic (exact) mass is 392 g/mol. The van der Waals surface area contributed by atoms with Crippen molar-refractivity contribution in [2.24, 2.45) is 11.8 Å². The molecule has 0 spiro atoms. The van der Waals surface area contributed by atoms with Crippen LogP contribution in [0.4, 0.5) is 0 Å². The molecule has 0 fully saturated rings. The summed E-state index contributed by atoms with van der Waals surface area (Å²) in [4.78, 5) is 24.6. The van der Waals surface area contributed by atoms with E-state index in [1.165, 1.54) is 0 Å². The number of aryl methyl sites for hydroxylation is 1. The highest BCUT2D eigenvalue weighted by Crippen LogP contribution is 2.29. The summed E-state index contributed by atoms with van der Waals surface area (Å²) in [5.41, 5.74) is 1.82. The molecule has 4 nitrogen and oxygen atoms in total. The molecule has 28 heavy (non-hydrogen) atoms. The first-order chi connectivity index (χ1) is 13.3. The van der Waals surface area contributed by atoms with Crippen LogP contribution >= 0.6 is 0 Å². The molecule has 1 aromatic rings. The van der Waals surface area contributed by atoms with Crippen LogP contribution in [0.3, 0.4) is 0 Å². The third-order valence-corrected chi connectivity index (χ3v) is 4.81. The Balaban J connectivity index is 0.00000352. The molecule has 0 aliphatic carbocycles. The molecule has 0 saturated carbocycles. The van der Waals surface area contributed by atoms with E-state index in [0.717, 1.165) is 49.7 Å². The minimum Gasteiger partial charge on any atom is -0.426 e. The summed E-state index contributed by atoms with van der Waals surface area (Å²) in [5, 5.41) is 0. The van der Waals surface area contributed by atoms with Crippen molar-refractivity contribution < 1.29 is 19.1 Å². The number of carbonyl (C=O) groups is 2. The Bertz CT molecular complexity index is 607. The van der Waals surface area contributed by atoms with Crippen molar-refractivity contribution in [3.8, 4) is 11.5 Å². The van der Waals surface area contributed by atoms with Crippen molar-refractivity contribution in [1.82, 2.24) is 0 Å². The van der Waals surface area contributed by atoms with Gasteiger partial charge in [0.1, 0.15) is 11.5 Å². The van der Waals surface area contributed by atoms with Gasteiger partial charge in [-0.25, -0.2) is 0 Å². The third-order valence-electron chi connectivity index (χ3n) is 4.81. The van der Waals surface area contributed by atoms with Crippen molar-refractivity contribution in [3.63, 3.8) is 0 Å². The molecule has 0 aromatic heterocycles. The molecule has 1 aromatic carbocycles. The zero-order chi connectivity index (χ0) is 21.7. The van der Waals surface area contributed by atoms with Gasteiger partial charge in [0.15, 0.2) is 0 Å². The highest BCUT2D eigenvalue weighted by molar-refractivity contribution is 5.77. The van der Waals surface area contributed by atoms with E-state index in [1.807, 2.05) is 47.6 Å². The average Bonchev–Trinajstić information content (AvgIpc) is 2.69. The molecular weight excluding hydrogens is 352 g/mol. The van der Waals surface area contributed by atoms with Gasteiger partial charge in [-0.05, 0) is 43.9 Å². The van der Waals surface area contributed by atoms with Crippen molar-refractivity contribution >= 4 is 11.9 Å². The second kappa shape index (κ2) is 14.2. The van der Waals surface area contributed by atoms with Crippen molar-refractivity contribution in [1.29, 1.82) is 0 Å². The van der Waals surface area contributed by atoms with E-state index in [4.69, 9.17) is 9.47 Å². The zero-order valence-corrected chi connectivity index (χ0v) is 19.2. The number of rotatable bonds is 10. The lowest BCUT2D eigenvalue weighted by Gasteiger charge is -2.16. The van der Waals surface area contributed by atoms with Gasteiger partial charge in [0.2, 0.25) is 0 Å². The Hall–Kier alpha value is -1.84. The van der Waals surface area contributed by atoms with Gasteiger partial charge in [0, 0.05) is 6.07 Å².